The molecule has 2 aliphatic heterocycles. The Hall–Kier alpha value is -6.39. The molecule has 0 N–H and O–H groups in total. The maximum Gasteiger partial charge on any atom is 0.338 e. The van der Waals surface area contributed by atoms with Crippen LogP contribution < -0.4 is 0 Å². The molecule has 0 aromatic heterocycles. The Bertz CT molecular complexity index is 2650. The van der Waals surface area contributed by atoms with Crippen molar-refractivity contribution in [3.05, 3.63) is 251 Å². The van der Waals surface area contributed by atoms with Crippen LogP contribution in [0.25, 0.3) is 0 Å². The predicted octanol–water partition coefficient (Wildman–Crippen LogP) is 10.4. The molecule has 12 nitrogen and oxygen atoms in total. The first-order valence-corrected chi connectivity index (χ1v) is 25.2. The van der Waals surface area contributed by atoms with E-state index in [9.17, 15) is 4.79 Å². The van der Waals surface area contributed by atoms with Gasteiger partial charge >= 0.3 is 5.97 Å². The van der Waals surface area contributed by atoms with E-state index in [2.05, 4.69) is 0 Å². The fraction of sp³-hybridized carbons (Fsp3) is 0.306. The van der Waals surface area contributed by atoms with Crippen LogP contribution in [-0.2, 0) is 103 Å². The normalized spacial score (nSPS) is 23.7. The summed E-state index contributed by atoms with van der Waals surface area (Å²) >= 11 is 0. The number of carbonyl (C=O) groups is 1. The maximum atomic E-state index is 14.7. The second-order valence-electron chi connectivity index (χ2n) is 18.2. The summed E-state index contributed by atoms with van der Waals surface area (Å²) in [5.41, 5.74) is 6.41. The van der Waals surface area contributed by atoms with Gasteiger partial charge in [-0.1, -0.05) is 212 Å². The van der Waals surface area contributed by atoms with Gasteiger partial charge in [-0.05, 0) is 38.9 Å². The van der Waals surface area contributed by atoms with Gasteiger partial charge < -0.3 is 52.1 Å². The van der Waals surface area contributed by atoms with E-state index in [1.165, 1.54) is 0 Å². The monoisotopic (exact) mass is 1000 g/mol. The average molecular weight is 1000 g/mol. The fourth-order valence-electron chi connectivity index (χ4n) is 9.05. The summed E-state index contributed by atoms with van der Waals surface area (Å²) in [7, 11) is 1.58. The van der Waals surface area contributed by atoms with Gasteiger partial charge in [-0.25, -0.2) is 4.79 Å². The molecular weight excluding hydrogens is 937 g/mol. The predicted molar refractivity (Wildman–Crippen MR) is 277 cm³/mol. The second-order valence-corrected chi connectivity index (χ2v) is 18.2. The van der Waals surface area contributed by atoms with E-state index < -0.39 is 67.4 Å². The zero-order chi connectivity index (χ0) is 50.6. The zero-order valence-electron chi connectivity index (χ0n) is 41.5. The van der Waals surface area contributed by atoms with Gasteiger partial charge in [0.25, 0.3) is 0 Å². The number of hydrogen-bond donors (Lipinski definition) is 0. The first-order valence-electron chi connectivity index (χ1n) is 25.2. The van der Waals surface area contributed by atoms with Gasteiger partial charge in [0.05, 0.1) is 46.2 Å². The molecule has 0 spiro atoms. The van der Waals surface area contributed by atoms with E-state index in [4.69, 9.17) is 52.1 Å². The van der Waals surface area contributed by atoms with Crippen molar-refractivity contribution in [1.29, 1.82) is 0 Å². The van der Waals surface area contributed by atoms with Crippen LogP contribution in [0.1, 0.15) is 38.9 Å². The van der Waals surface area contributed by atoms with Crippen LogP contribution >= 0.6 is 0 Å². The zero-order valence-corrected chi connectivity index (χ0v) is 41.5. The van der Waals surface area contributed by atoms with Crippen molar-refractivity contribution < 1.29 is 56.9 Å². The summed E-state index contributed by atoms with van der Waals surface area (Å²) in [5.74, 6) is -0.652. The quantitative estimate of drug-likeness (QED) is 0.0507. The Balaban J connectivity index is 1.06. The van der Waals surface area contributed by atoms with Crippen LogP contribution in [0.4, 0.5) is 0 Å². The van der Waals surface area contributed by atoms with Crippen molar-refractivity contribution in [2.45, 2.75) is 108 Å². The third kappa shape index (κ3) is 14.9. The largest absolute Gasteiger partial charge is 0.459 e. The highest BCUT2D eigenvalue weighted by Crippen LogP contribution is 2.35. The van der Waals surface area contributed by atoms with Crippen LogP contribution in [0.3, 0.4) is 0 Å². The molecule has 0 bridgehead atoms. The van der Waals surface area contributed by atoms with Gasteiger partial charge in [-0.3, -0.25) is 0 Å². The SMILES string of the molecule is CO[C@H]1O[C@H](CO[C@@H]2O[C@H](C(=O)OCc3ccccc3)[C@H](OCc3ccccc3)[C@@H](OCc3ccccc3)[C@H]2OCc2ccccc2)[C@@H](OCc2ccccc2)[C@H](OCc2ccccc2)[C@H]1OCc1ccccc1. The summed E-state index contributed by atoms with van der Waals surface area (Å²) in [4.78, 5) is 14.7. The van der Waals surface area contributed by atoms with Crippen LogP contribution in [0, 0.1) is 0 Å². The molecule has 9 rings (SSSR count). The third-order valence-corrected chi connectivity index (χ3v) is 12.9. The van der Waals surface area contributed by atoms with Crippen LogP contribution in [0.15, 0.2) is 212 Å². The molecule has 2 aliphatic rings. The van der Waals surface area contributed by atoms with Crippen molar-refractivity contribution >= 4 is 5.97 Å². The molecule has 0 unspecified atom stereocenters. The number of esters is 1. The Labute approximate surface area is 433 Å². The summed E-state index contributed by atoms with van der Waals surface area (Å²) in [6, 6.07) is 68.6. The summed E-state index contributed by atoms with van der Waals surface area (Å²) in [5, 5.41) is 0. The molecule has 2 saturated heterocycles. The van der Waals surface area contributed by atoms with E-state index in [1.807, 2.05) is 212 Å². The highest BCUT2D eigenvalue weighted by Gasteiger charge is 2.54. The van der Waals surface area contributed by atoms with Gasteiger partial charge in [0, 0.05) is 7.11 Å². The average Bonchev–Trinajstić information content (AvgIpc) is 3.47. The molecule has 10 atom stereocenters. The van der Waals surface area contributed by atoms with Crippen LogP contribution in [0.2, 0.25) is 0 Å². The standard InChI is InChI=1S/C62H64O12/c1-64-61-58(69-41-49-31-17-6-18-32-49)54(66-38-46-25-11-3-12-26-46)53(65-37-45-23-9-2-10-24-45)52(73-61)44-72-62-59(70-42-50-33-19-7-20-34-50)56(68-40-48-29-15-5-16-30-48)55(67-39-47-27-13-4-14-28-47)57(74-62)60(63)71-43-51-35-21-8-22-36-51/h2-36,52-59,61-62H,37-44H2,1H3/t52-,53-,54+,55-,56-,57+,58-,59-,61+,62-/m1/s1. The first kappa shape index (κ1) is 52.5. The van der Waals surface area contributed by atoms with Crippen molar-refractivity contribution in [1.82, 2.24) is 0 Å². The van der Waals surface area contributed by atoms with Gasteiger partial charge in [-0.2, -0.15) is 0 Å². The molecule has 2 fully saturated rings. The minimum Gasteiger partial charge on any atom is -0.459 e. The van der Waals surface area contributed by atoms with E-state index in [1.54, 1.807) is 7.11 Å². The Kier molecular flexibility index (Phi) is 19.7. The lowest BCUT2D eigenvalue weighted by molar-refractivity contribution is -0.347. The first-order chi connectivity index (χ1) is 36.6. The number of hydrogen-bond acceptors (Lipinski definition) is 12. The number of carbonyl (C=O) groups excluding carboxylic acids is 1. The molecule has 0 amide bonds. The number of rotatable bonds is 25. The lowest BCUT2D eigenvalue weighted by atomic mass is 9.96. The van der Waals surface area contributed by atoms with Gasteiger partial charge in [0.15, 0.2) is 18.7 Å². The molecule has 0 aliphatic carbocycles. The topological polar surface area (TPSA) is 119 Å². The van der Waals surface area contributed by atoms with Crippen LogP contribution in [-0.4, -0.2) is 81.1 Å². The number of methoxy groups -OCH3 is 1. The summed E-state index contributed by atoms with van der Waals surface area (Å²) in [6.45, 7) is 1.11. The van der Waals surface area contributed by atoms with E-state index >= 15 is 0 Å². The van der Waals surface area contributed by atoms with Gasteiger partial charge in [0.2, 0.25) is 0 Å². The molecule has 0 saturated carbocycles. The highest BCUT2D eigenvalue weighted by molar-refractivity contribution is 5.76. The molecule has 74 heavy (non-hydrogen) atoms. The fourth-order valence-corrected chi connectivity index (χ4v) is 9.05. The molecule has 12 heteroatoms. The lowest BCUT2D eigenvalue weighted by Crippen LogP contribution is -2.64. The number of benzene rings is 7. The van der Waals surface area contributed by atoms with E-state index in [-0.39, 0.29) is 52.9 Å². The molecule has 0 radical (unpaired) electrons. The minimum absolute atomic E-state index is 0.00652. The smallest absolute Gasteiger partial charge is 0.338 e. The van der Waals surface area contributed by atoms with Crippen molar-refractivity contribution in [2.75, 3.05) is 13.7 Å². The Morgan fingerprint density at radius 2 is 0.635 bits per heavy atom. The van der Waals surface area contributed by atoms with Crippen molar-refractivity contribution in [2.24, 2.45) is 0 Å². The Morgan fingerprint density at radius 3 is 1.00 bits per heavy atom. The Morgan fingerprint density at radius 1 is 0.338 bits per heavy atom. The minimum atomic E-state index is -1.33. The highest BCUT2D eigenvalue weighted by atomic mass is 16.8. The molecule has 7 aromatic carbocycles. The van der Waals surface area contributed by atoms with E-state index in [0.717, 1.165) is 38.9 Å². The molecule has 7 aromatic rings. The second kappa shape index (κ2) is 27.8. The third-order valence-electron chi connectivity index (χ3n) is 12.9. The molecular formula is C62H64O12. The van der Waals surface area contributed by atoms with Crippen LogP contribution in [0.5, 0.6) is 0 Å². The van der Waals surface area contributed by atoms with Gasteiger partial charge in [0.1, 0.15) is 49.3 Å². The summed E-state index contributed by atoms with van der Waals surface area (Å²) < 4.78 is 73.9. The molecule has 2 heterocycles. The van der Waals surface area contributed by atoms with E-state index in [0.29, 0.717) is 0 Å². The van der Waals surface area contributed by atoms with Gasteiger partial charge in [-0.15, -0.1) is 0 Å². The maximum absolute atomic E-state index is 14.7. The molecule has 384 valence electrons. The number of ether oxygens (including phenoxy) is 11. The van der Waals surface area contributed by atoms with Crippen molar-refractivity contribution in [3.63, 3.8) is 0 Å². The lowest BCUT2D eigenvalue weighted by Gasteiger charge is -2.47. The summed E-state index contributed by atoms with van der Waals surface area (Å²) in [6.07, 6.45) is -9.48. The van der Waals surface area contributed by atoms with Crippen molar-refractivity contribution in [3.8, 4) is 0 Å².